The summed E-state index contributed by atoms with van der Waals surface area (Å²) < 4.78 is 6.95. The molecular formula is C13H14ClNO3S3. The molecule has 8 heteroatoms. The first-order chi connectivity index (χ1) is 9.60. The van der Waals surface area contributed by atoms with E-state index in [4.69, 9.17) is 16.3 Å². The van der Waals surface area contributed by atoms with Gasteiger partial charge in [-0.3, -0.25) is 10.1 Å². The highest BCUT2D eigenvalue weighted by molar-refractivity contribution is 7.83. The number of carbonyl (C=O) groups excluding carboxylic acids is 1. The third-order valence-electron chi connectivity index (χ3n) is 2.54. The van der Waals surface area contributed by atoms with Crippen molar-refractivity contribution >= 4 is 68.1 Å². The van der Waals surface area contributed by atoms with E-state index in [1.165, 1.54) is 22.7 Å². The maximum absolute atomic E-state index is 12.5. The highest BCUT2D eigenvalue weighted by Gasteiger charge is 2.21. The van der Waals surface area contributed by atoms with E-state index in [-0.39, 0.29) is 11.1 Å². The molecule has 1 amide bonds. The van der Waals surface area contributed by atoms with Gasteiger partial charge in [0.15, 0.2) is 0 Å². The summed E-state index contributed by atoms with van der Waals surface area (Å²) in [4.78, 5) is 24.4. The molecule has 0 aliphatic rings. The Hall–Kier alpha value is -0.760. The molecule has 0 fully saturated rings. The number of hydrogen-bond donors (Lipinski definition) is 2. The molecule has 4 nitrogen and oxygen atoms in total. The summed E-state index contributed by atoms with van der Waals surface area (Å²) in [5.41, 5.74) is -0.0830. The zero-order chi connectivity index (χ0) is 15.9. The van der Waals surface area contributed by atoms with Crippen molar-refractivity contribution in [3.8, 4) is 0 Å². The van der Waals surface area contributed by atoms with Crippen LogP contribution in [0.1, 0.15) is 26.3 Å². The zero-order valence-electron chi connectivity index (χ0n) is 11.9. The number of aryl methyl sites for hydroxylation is 1. The van der Waals surface area contributed by atoms with Crippen LogP contribution in [0.25, 0.3) is 9.40 Å². The van der Waals surface area contributed by atoms with Gasteiger partial charge in [0, 0.05) is 0 Å². The van der Waals surface area contributed by atoms with Gasteiger partial charge < -0.3 is 4.74 Å². The Balaban J connectivity index is 2.48. The molecule has 0 atom stereocenters. The van der Waals surface area contributed by atoms with Crippen molar-refractivity contribution in [1.82, 2.24) is 0 Å². The fourth-order valence-electron chi connectivity index (χ4n) is 1.67. The molecule has 2 aromatic heterocycles. The Bertz CT molecular complexity index is 774. The van der Waals surface area contributed by atoms with Gasteiger partial charge >= 0.3 is 6.09 Å². The van der Waals surface area contributed by atoms with E-state index in [0.29, 0.717) is 13.9 Å². The van der Waals surface area contributed by atoms with Gasteiger partial charge in [-0.1, -0.05) is 11.6 Å². The van der Waals surface area contributed by atoms with Gasteiger partial charge in [-0.25, -0.2) is 4.79 Å². The summed E-state index contributed by atoms with van der Waals surface area (Å²) in [5.74, 6) is 0. The predicted octanol–water partition coefficient (Wildman–Crippen LogP) is 4.92. The Labute approximate surface area is 140 Å². The summed E-state index contributed by atoms with van der Waals surface area (Å²) in [7, 11) is 0. The van der Waals surface area contributed by atoms with Crippen LogP contribution in [0.3, 0.4) is 0 Å². The molecule has 0 aliphatic heterocycles. The molecule has 0 saturated carbocycles. The molecule has 0 saturated heterocycles. The number of nitrogens with one attached hydrogen (secondary N) is 1. The number of hydrogen-bond acceptors (Lipinski definition) is 6. The second-order valence-electron chi connectivity index (χ2n) is 5.40. The molecule has 114 valence electrons. The topological polar surface area (TPSA) is 55.4 Å². The minimum absolute atomic E-state index is 0.127. The number of halogens is 1. The first-order valence-corrected chi connectivity index (χ1v) is 8.50. The zero-order valence-corrected chi connectivity index (χ0v) is 15.1. The van der Waals surface area contributed by atoms with Crippen LogP contribution in [0.4, 0.5) is 10.5 Å². The van der Waals surface area contributed by atoms with Gasteiger partial charge in [0.25, 0.3) is 0 Å². The minimum atomic E-state index is -0.680. The maximum Gasteiger partial charge on any atom is 0.412 e. The molecular weight excluding hydrogens is 350 g/mol. The van der Waals surface area contributed by atoms with Crippen molar-refractivity contribution < 1.29 is 9.53 Å². The molecule has 2 heterocycles. The summed E-state index contributed by atoms with van der Waals surface area (Å²) in [6.07, 6.45) is -0.680. The van der Waals surface area contributed by atoms with E-state index in [0.717, 1.165) is 9.58 Å². The van der Waals surface area contributed by atoms with E-state index in [2.05, 4.69) is 17.9 Å². The van der Waals surface area contributed by atoms with Crippen LogP contribution in [0, 0.1) is 6.92 Å². The third kappa shape index (κ3) is 3.53. The third-order valence-corrected chi connectivity index (χ3v) is 5.71. The Morgan fingerprint density at radius 1 is 1.33 bits per heavy atom. The quantitative estimate of drug-likeness (QED) is 0.707. The van der Waals surface area contributed by atoms with Crippen molar-refractivity contribution in [2.24, 2.45) is 0 Å². The van der Waals surface area contributed by atoms with Crippen molar-refractivity contribution in [2.45, 2.75) is 37.5 Å². The second kappa shape index (κ2) is 5.79. The van der Waals surface area contributed by atoms with Crippen LogP contribution in [0.15, 0.2) is 9.00 Å². The van der Waals surface area contributed by atoms with Crippen molar-refractivity contribution in [2.75, 3.05) is 5.32 Å². The van der Waals surface area contributed by atoms with E-state index in [9.17, 15) is 9.59 Å². The lowest BCUT2D eigenvalue weighted by molar-refractivity contribution is 0.0635. The lowest BCUT2D eigenvalue weighted by atomic mass is 10.2. The first-order valence-electron chi connectivity index (χ1n) is 6.05. The lowest BCUT2D eigenvalue weighted by Gasteiger charge is -2.19. The van der Waals surface area contributed by atoms with Gasteiger partial charge in [0.2, 0.25) is 5.43 Å². The van der Waals surface area contributed by atoms with Gasteiger partial charge in [-0.2, -0.15) is 0 Å². The van der Waals surface area contributed by atoms with Gasteiger partial charge in [0.05, 0.1) is 17.9 Å². The number of anilines is 1. The summed E-state index contributed by atoms with van der Waals surface area (Å²) in [6, 6.07) is 0. The number of rotatable bonds is 1. The van der Waals surface area contributed by atoms with E-state index in [1.54, 1.807) is 27.7 Å². The minimum Gasteiger partial charge on any atom is -0.444 e. The average molecular weight is 364 g/mol. The molecule has 0 aromatic carbocycles. The summed E-state index contributed by atoms with van der Waals surface area (Å²) >= 11 is 13.0. The molecule has 1 N–H and O–H groups in total. The van der Waals surface area contributed by atoms with Crippen LogP contribution in [0.2, 0.25) is 4.34 Å². The van der Waals surface area contributed by atoms with Gasteiger partial charge in [-0.15, -0.1) is 35.3 Å². The van der Waals surface area contributed by atoms with Crippen LogP contribution in [0.5, 0.6) is 0 Å². The Morgan fingerprint density at radius 3 is 2.52 bits per heavy atom. The maximum atomic E-state index is 12.5. The van der Waals surface area contributed by atoms with Crippen molar-refractivity contribution in [1.29, 1.82) is 0 Å². The fraction of sp³-hybridized carbons (Fsp3) is 0.385. The average Bonchev–Trinajstić information content (AvgIpc) is 2.58. The Morgan fingerprint density at radius 2 is 1.95 bits per heavy atom. The molecule has 0 unspecified atom stereocenters. The van der Waals surface area contributed by atoms with Crippen LogP contribution < -0.4 is 10.7 Å². The number of thiol groups is 1. The van der Waals surface area contributed by atoms with E-state index >= 15 is 0 Å². The molecule has 0 spiro atoms. The first kappa shape index (κ1) is 16.6. The fourth-order valence-corrected chi connectivity index (χ4v) is 4.95. The lowest BCUT2D eigenvalue weighted by Crippen LogP contribution is -2.29. The molecule has 0 radical (unpaired) electrons. The second-order valence-corrected chi connectivity index (χ2v) is 9.05. The summed E-state index contributed by atoms with van der Waals surface area (Å²) in [6.45, 7) is 7.04. The largest absolute Gasteiger partial charge is 0.444 e. The number of carbonyl (C=O) groups is 1. The van der Waals surface area contributed by atoms with E-state index in [1.807, 2.05) is 0 Å². The molecule has 0 bridgehead atoms. The number of fused-ring (bicyclic) bond motifs is 1. The number of ether oxygens (including phenoxy) is 1. The van der Waals surface area contributed by atoms with Crippen molar-refractivity contribution in [3.05, 3.63) is 20.1 Å². The Kier molecular flexibility index (Phi) is 4.58. The summed E-state index contributed by atoms with van der Waals surface area (Å²) in [5, 5.41) is 3.01. The molecule has 2 aromatic rings. The van der Waals surface area contributed by atoms with Gasteiger partial charge in [-0.05, 0) is 33.3 Å². The highest BCUT2D eigenvalue weighted by Crippen LogP contribution is 2.39. The number of thiophene rings is 1. The van der Waals surface area contributed by atoms with E-state index < -0.39 is 11.7 Å². The van der Waals surface area contributed by atoms with Gasteiger partial charge in [0.1, 0.15) is 11.3 Å². The predicted molar refractivity (Wildman–Crippen MR) is 92.8 cm³/mol. The number of amides is 1. The molecule has 2 rings (SSSR count). The standard InChI is InChI=1S/C13H14ClNO3S3/c1-5-6-8(16)7(15-12(17)18-13(2,3)4)10(19)21-11(6)20-9(5)14/h19H,1-4H3,(H,15,17). The normalized spacial score (nSPS) is 11.7. The van der Waals surface area contributed by atoms with Crippen LogP contribution in [-0.4, -0.2) is 11.7 Å². The monoisotopic (exact) mass is 363 g/mol. The smallest absolute Gasteiger partial charge is 0.412 e. The van der Waals surface area contributed by atoms with Crippen LogP contribution >= 0.6 is 46.9 Å². The molecule has 21 heavy (non-hydrogen) atoms. The molecule has 0 aliphatic carbocycles. The SMILES string of the molecule is Cc1c(Cl)sc2sc(S)c(NC(=O)OC(C)(C)C)c(=O)c12. The van der Waals surface area contributed by atoms with Crippen molar-refractivity contribution in [3.63, 3.8) is 0 Å². The highest BCUT2D eigenvalue weighted by atomic mass is 35.5. The van der Waals surface area contributed by atoms with Crippen LogP contribution in [-0.2, 0) is 4.74 Å².